The molecule has 1 unspecified atom stereocenters. The predicted molar refractivity (Wildman–Crippen MR) is 51.8 cm³/mol. The topological polar surface area (TPSA) is 26.0 Å². The highest BCUT2D eigenvalue weighted by Gasteiger charge is 2.11. The molecule has 0 fully saturated rings. The number of terminal acetylenes is 1. The Morgan fingerprint density at radius 2 is 2.31 bits per heavy atom. The molecule has 1 aromatic rings. The second-order valence-electron chi connectivity index (χ2n) is 2.66. The van der Waals surface area contributed by atoms with Crippen LogP contribution in [0.15, 0.2) is 18.2 Å². The first-order valence-electron chi connectivity index (χ1n) is 3.79. The van der Waals surface area contributed by atoms with Crippen LogP contribution in [0.3, 0.4) is 0 Å². The molecule has 0 aliphatic carbocycles. The fourth-order valence-electron chi connectivity index (χ4n) is 1.04. The molecule has 0 heterocycles. The van der Waals surface area contributed by atoms with E-state index >= 15 is 0 Å². The van der Waals surface area contributed by atoms with Crippen LogP contribution >= 0.6 is 11.6 Å². The number of halogens is 2. The van der Waals surface area contributed by atoms with E-state index in [4.69, 9.17) is 23.8 Å². The van der Waals surface area contributed by atoms with Gasteiger partial charge in [-0.3, -0.25) is 0 Å². The van der Waals surface area contributed by atoms with Crippen LogP contribution in [0.2, 0.25) is 5.02 Å². The summed E-state index contributed by atoms with van der Waals surface area (Å²) in [5, 5.41) is 0.0604. The van der Waals surface area contributed by atoms with Gasteiger partial charge in [-0.05, 0) is 11.6 Å². The lowest BCUT2D eigenvalue weighted by Crippen LogP contribution is -2.10. The molecule has 1 atom stereocenters. The monoisotopic (exact) mass is 197 g/mol. The minimum absolute atomic E-state index is 0.0604. The molecule has 1 rings (SSSR count). The van der Waals surface area contributed by atoms with E-state index in [1.165, 1.54) is 6.07 Å². The van der Waals surface area contributed by atoms with E-state index in [2.05, 4.69) is 5.92 Å². The van der Waals surface area contributed by atoms with Crippen molar-refractivity contribution in [2.24, 2.45) is 5.73 Å². The predicted octanol–water partition coefficient (Wildman–Crippen LogP) is 2.50. The van der Waals surface area contributed by atoms with Crippen LogP contribution in [0.1, 0.15) is 18.0 Å². The Balaban J connectivity index is 3.02. The zero-order valence-electron chi connectivity index (χ0n) is 6.93. The van der Waals surface area contributed by atoms with Crippen molar-refractivity contribution in [3.63, 3.8) is 0 Å². The van der Waals surface area contributed by atoms with Crippen molar-refractivity contribution in [3.05, 3.63) is 34.6 Å². The lowest BCUT2D eigenvalue weighted by atomic mass is 10.1. The number of hydrogen-bond donors (Lipinski definition) is 1. The first kappa shape index (κ1) is 10.0. The van der Waals surface area contributed by atoms with Gasteiger partial charge in [0.1, 0.15) is 5.82 Å². The third-order valence-electron chi connectivity index (χ3n) is 1.72. The smallest absolute Gasteiger partial charge is 0.142 e. The highest BCUT2D eigenvalue weighted by Crippen LogP contribution is 2.25. The largest absolute Gasteiger partial charge is 0.323 e. The van der Waals surface area contributed by atoms with E-state index in [9.17, 15) is 4.39 Å². The normalized spacial score (nSPS) is 12.2. The summed E-state index contributed by atoms with van der Waals surface area (Å²) in [6.45, 7) is 0. The van der Waals surface area contributed by atoms with Gasteiger partial charge in [-0.1, -0.05) is 23.7 Å². The molecule has 0 spiro atoms. The molecule has 0 saturated heterocycles. The van der Waals surface area contributed by atoms with Crippen molar-refractivity contribution in [3.8, 4) is 12.3 Å². The zero-order chi connectivity index (χ0) is 9.84. The minimum atomic E-state index is -0.466. The molecule has 0 bridgehead atoms. The summed E-state index contributed by atoms with van der Waals surface area (Å²) >= 11 is 5.70. The van der Waals surface area contributed by atoms with Crippen molar-refractivity contribution in [2.75, 3.05) is 0 Å². The van der Waals surface area contributed by atoms with E-state index in [1.807, 2.05) is 0 Å². The summed E-state index contributed by atoms with van der Waals surface area (Å²) in [6.07, 6.45) is 5.44. The molecule has 0 amide bonds. The van der Waals surface area contributed by atoms with Crippen LogP contribution in [0.25, 0.3) is 0 Å². The Morgan fingerprint density at radius 3 is 2.92 bits per heavy atom. The van der Waals surface area contributed by atoms with Crippen LogP contribution in [-0.4, -0.2) is 0 Å². The SMILES string of the molecule is C#CCC(N)c1cccc(F)c1Cl. The van der Waals surface area contributed by atoms with Gasteiger partial charge in [0, 0.05) is 12.5 Å². The van der Waals surface area contributed by atoms with E-state index in [0.29, 0.717) is 12.0 Å². The molecule has 0 aliphatic heterocycles. The molecular formula is C10H9ClFN. The molecule has 3 heteroatoms. The molecule has 1 nitrogen and oxygen atoms in total. The number of benzene rings is 1. The first-order valence-corrected chi connectivity index (χ1v) is 4.17. The molecule has 0 radical (unpaired) electrons. The third-order valence-corrected chi connectivity index (χ3v) is 2.12. The average molecular weight is 198 g/mol. The highest BCUT2D eigenvalue weighted by atomic mass is 35.5. The lowest BCUT2D eigenvalue weighted by molar-refractivity contribution is 0.621. The maximum Gasteiger partial charge on any atom is 0.142 e. The van der Waals surface area contributed by atoms with Crippen LogP contribution in [0.4, 0.5) is 4.39 Å². The highest BCUT2D eigenvalue weighted by molar-refractivity contribution is 6.31. The first-order chi connectivity index (χ1) is 6.16. The van der Waals surface area contributed by atoms with Crippen LogP contribution in [0.5, 0.6) is 0 Å². The van der Waals surface area contributed by atoms with E-state index in [1.54, 1.807) is 12.1 Å². The number of rotatable bonds is 2. The van der Waals surface area contributed by atoms with Gasteiger partial charge >= 0.3 is 0 Å². The quantitative estimate of drug-likeness (QED) is 0.725. The molecule has 13 heavy (non-hydrogen) atoms. The second kappa shape index (κ2) is 4.27. The Kier molecular flexibility index (Phi) is 3.30. The van der Waals surface area contributed by atoms with E-state index < -0.39 is 11.9 Å². The number of hydrogen-bond acceptors (Lipinski definition) is 1. The summed E-state index contributed by atoms with van der Waals surface area (Å²) in [4.78, 5) is 0. The van der Waals surface area contributed by atoms with E-state index in [-0.39, 0.29) is 5.02 Å². The van der Waals surface area contributed by atoms with Gasteiger partial charge in [0.15, 0.2) is 0 Å². The Morgan fingerprint density at radius 1 is 1.62 bits per heavy atom. The Labute approximate surface area is 81.7 Å². The molecule has 0 saturated carbocycles. The zero-order valence-corrected chi connectivity index (χ0v) is 7.68. The molecule has 68 valence electrons. The van der Waals surface area contributed by atoms with Gasteiger partial charge in [0.25, 0.3) is 0 Å². The summed E-state index contributed by atoms with van der Waals surface area (Å²) < 4.78 is 12.9. The van der Waals surface area contributed by atoms with Gasteiger partial charge in [0.2, 0.25) is 0 Å². The second-order valence-corrected chi connectivity index (χ2v) is 3.04. The van der Waals surface area contributed by atoms with Crippen molar-refractivity contribution in [2.45, 2.75) is 12.5 Å². The van der Waals surface area contributed by atoms with Crippen LogP contribution in [0, 0.1) is 18.2 Å². The molecule has 1 aromatic carbocycles. The van der Waals surface area contributed by atoms with Gasteiger partial charge in [-0.15, -0.1) is 12.3 Å². The molecule has 2 N–H and O–H groups in total. The standard InChI is InChI=1S/C10H9ClFN/c1-2-4-9(13)7-5-3-6-8(12)10(7)11/h1,3,5-6,9H,4,13H2. The van der Waals surface area contributed by atoms with E-state index in [0.717, 1.165) is 0 Å². The summed E-state index contributed by atoms with van der Waals surface area (Å²) in [7, 11) is 0. The van der Waals surface area contributed by atoms with Gasteiger partial charge in [-0.25, -0.2) is 4.39 Å². The van der Waals surface area contributed by atoms with Gasteiger partial charge in [0.05, 0.1) is 5.02 Å². The fraction of sp³-hybridized carbons (Fsp3) is 0.200. The lowest BCUT2D eigenvalue weighted by Gasteiger charge is -2.10. The Hall–Kier alpha value is -1.04. The van der Waals surface area contributed by atoms with Crippen molar-refractivity contribution >= 4 is 11.6 Å². The molecule has 0 aromatic heterocycles. The van der Waals surface area contributed by atoms with Crippen molar-refractivity contribution in [1.82, 2.24) is 0 Å². The average Bonchev–Trinajstić information content (AvgIpc) is 2.10. The van der Waals surface area contributed by atoms with Crippen molar-refractivity contribution in [1.29, 1.82) is 0 Å². The van der Waals surface area contributed by atoms with Crippen molar-refractivity contribution < 1.29 is 4.39 Å². The van der Waals surface area contributed by atoms with Gasteiger partial charge < -0.3 is 5.73 Å². The summed E-state index contributed by atoms with van der Waals surface area (Å²) in [6, 6.07) is 4.13. The van der Waals surface area contributed by atoms with Crippen LogP contribution < -0.4 is 5.73 Å². The third kappa shape index (κ3) is 2.21. The summed E-state index contributed by atoms with van der Waals surface area (Å²) in [5.74, 6) is 1.94. The van der Waals surface area contributed by atoms with Crippen LogP contribution in [-0.2, 0) is 0 Å². The minimum Gasteiger partial charge on any atom is -0.323 e. The maximum atomic E-state index is 12.9. The Bertz CT molecular complexity index is 343. The van der Waals surface area contributed by atoms with Gasteiger partial charge in [-0.2, -0.15) is 0 Å². The molecule has 0 aliphatic rings. The molecular weight excluding hydrogens is 189 g/mol. The summed E-state index contributed by atoms with van der Waals surface area (Å²) in [5.41, 5.74) is 6.24. The fourth-order valence-corrected chi connectivity index (χ4v) is 1.31. The maximum absolute atomic E-state index is 12.9. The number of nitrogens with two attached hydrogens (primary N) is 1.